The minimum Gasteiger partial charge on any atom is -0.481 e. The van der Waals surface area contributed by atoms with E-state index in [2.05, 4.69) is 185 Å². The molecule has 134 heavy (non-hydrogen) atoms. The van der Waals surface area contributed by atoms with Crippen molar-refractivity contribution in [3.8, 4) is 22.3 Å². The summed E-state index contributed by atoms with van der Waals surface area (Å²) in [5.74, 6) is -2.15. The van der Waals surface area contributed by atoms with E-state index in [1.165, 1.54) is 21.8 Å². The second-order valence-corrected chi connectivity index (χ2v) is 45.8. The van der Waals surface area contributed by atoms with Gasteiger partial charge in [0.2, 0.25) is 42.3 Å². The van der Waals surface area contributed by atoms with E-state index in [0.29, 0.717) is 5.33 Å². The summed E-state index contributed by atoms with van der Waals surface area (Å²) < 4.78 is 69.6. The Morgan fingerprint density at radius 2 is 0.836 bits per heavy atom. The van der Waals surface area contributed by atoms with Gasteiger partial charge >= 0.3 is 63.4 Å². The molecular formula is C86H122Br3FFm2N12O28Si2+4. The van der Waals surface area contributed by atoms with Crippen LogP contribution in [0.5, 0.6) is 0 Å². The molecule has 48 heteroatoms. The number of carboxylic acids is 1. The van der Waals surface area contributed by atoms with Crippen molar-refractivity contribution in [1.82, 2.24) is 39.0 Å². The number of hydrogen-bond donors (Lipinski definition) is 13. The van der Waals surface area contributed by atoms with Crippen LogP contribution in [0.1, 0.15) is 150 Å². The fourth-order valence-corrected chi connectivity index (χ4v) is 17.7. The van der Waals surface area contributed by atoms with Crippen LogP contribution in [0.15, 0.2) is 161 Å². The van der Waals surface area contributed by atoms with Crippen LogP contribution in [0.4, 0.5) is 4.39 Å². The molecule has 0 radical (unpaired) electrons. The first-order chi connectivity index (χ1) is 61.7. The first kappa shape index (κ1) is 113. The topological polar surface area (TPSA) is 572 Å². The molecule has 14 rings (SSSR count). The number of ether oxygens (including phenoxy) is 6. The van der Waals surface area contributed by atoms with Crippen molar-refractivity contribution in [3.63, 3.8) is 0 Å². The molecule has 15 N–H and O–H groups in total. The summed E-state index contributed by atoms with van der Waals surface area (Å²) in [4.78, 5) is 154. The number of alkyl halides is 3. The molecule has 0 spiro atoms. The third-order valence-corrected chi connectivity index (χ3v) is 34.9. The van der Waals surface area contributed by atoms with Gasteiger partial charge in [-0.25, -0.2) is 57.9 Å². The number of benzene rings is 4. The van der Waals surface area contributed by atoms with Gasteiger partial charge in [-0.3, -0.25) is 14.0 Å². The van der Waals surface area contributed by atoms with Gasteiger partial charge in [0.25, 0.3) is 0 Å². The predicted octanol–water partition coefficient (Wildman–Crippen LogP) is 3.12. The minimum atomic E-state index is -2.22. The van der Waals surface area contributed by atoms with Crippen LogP contribution < -0.4 is 63.8 Å². The first-order valence-electron chi connectivity index (χ1n) is 42.3. The first-order valence-corrected chi connectivity index (χ1v) is 50.5. The molecule has 4 saturated heterocycles. The van der Waals surface area contributed by atoms with Crippen molar-refractivity contribution in [1.29, 1.82) is 0 Å². The molecule has 0 amide bonds. The van der Waals surface area contributed by atoms with Gasteiger partial charge in [-0.05, 0) is 110 Å². The number of aromatic amines is 6. The van der Waals surface area contributed by atoms with Crippen LogP contribution in [0.2, 0.25) is 36.3 Å². The van der Waals surface area contributed by atoms with Crippen LogP contribution in [0, 0.1) is 11.8 Å². The van der Waals surface area contributed by atoms with E-state index in [0.717, 1.165) is 88.3 Å². The number of halogens is 4. The molecule has 4 aromatic carbocycles. The summed E-state index contributed by atoms with van der Waals surface area (Å²) in [5, 5.41) is 65.6. The number of aliphatic hydroxyl groups excluding tert-OH is 6. The van der Waals surface area contributed by atoms with Gasteiger partial charge in [0.1, 0.15) is 67.4 Å². The van der Waals surface area contributed by atoms with Gasteiger partial charge in [-0.2, -0.15) is 47.3 Å². The normalized spacial score (nSPS) is 22.9. The predicted molar refractivity (Wildman–Crippen MR) is 492 cm³/mol. The summed E-state index contributed by atoms with van der Waals surface area (Å²) in [6, 6.07) is 32.0. The maximum Gasteiger partial charge on any atom is 0.448 e. The number of aliphatic carboxylic acids is 1. The fourth-order valence-electron chi connectivity index (χ4n) is 15.0. The number of rotatable bonds is 22. The number of fused-ring (bicyclic) bond motifs is 6. The van der Waals surface area contributed by atoms with Crippen molar-refractivity contribution in [3.05, 3.63) is 228 Å². The van der Waals surface area contributed by atoms with E-state index in [1.54, 1.807) is 0 Å². The van der Waals surface area contributed by atoms with Gasteiger partial charge < -0.3 is 78.5 Å². The van der Waals surface area contributed by atoms with E-state index in [1.807, 2.05) is 84.7 Å². The molecule has 0 saturated carbocycles. The number of hydrogen-bond acceptors (Lipinski definition) is 26. The van der Waals surface area contributed by atoms with Crippen LogP contribution in [0.25, 0.3) is 22.3 Å². The molecule has 16 atom stereocenters. The van der Waals surface area contributed by atoms with Crippen molar-refractivity contribution in [2.24, 2.45) is 11.8 Å². The second kappa shape index (κ2) is 49.8. The molecule has 4 aromatic heterocycles. The summed E-state index contributed by atoms with van der Waals surface area (Å²) in [6.07, 6.45) is -5.85. The number of aromatic nitrogens is 12. The zero-order valence-electron chi connectivity index (χ0n) is 76.3. The largest absolute Gasteiger partial charge is 0.481 e. The number of aliphatic hydroxyl groups is 6. The molecule has 4 fully saturated rings. The van der Waals surface area contributed by atoms with Gasteiger partial charge in [-0.1, -0.05) is 206 Å². The van der Waals surface area contributed by atoms with E-state index in [9.17, 15) is 87.5 Å². The summed E-state index contributed by atoms with van der Waals surface area (Å²) in [7, 11) is -5.25. The molecule has 4 aliphatic heterocycles. The molecule has 8 heterocycles. The van der Waals surface area contributed by atoms with Crippen molar-refractivity contribution in [2.75, 3.05) is 44.2 Å². The minimum absolute atomic E-state index is 0. The Hall–Kier alpha value is -11.3. The number of esters is 2. The van der Waals surface area contributed by atoms with Gasteiger partial charge in [0, 0.05) is 23.7 Å². The number of carbonyl (C=O) groups excluding carboxylic acids is 3. The van der Waals surface area contributed by atoms with E-state index < -0.39 is 169 Å². The quantitative estimate of drug-likeness (QED) is 0.0152. The molecule has 8 aromatic rings. The number of nitrogens with one attached hydrogen (secondary N) is 6. The Labute approximate surface area is 786 Å². The second-order valence-electron chi connectivity index (χ2n) is 34.3. The molecule has 6 aliphatic rings. The molecular weight excluding hydrogens is 2480 g/mol. The van der Waals surface area contributed by atoms with E-state index in [4.69, 9.17) is 48.9 Å². The SMILES string of the molecule is C.CC[C@H]1O[C@@H]([n+]2c[nH]c(=O)[nH]c2=O)C(O[Si](C)(C)C(C)(C)C)[C@H]1C.CC[C@H]1O[C@@H](n2c[n+](CC(=O)OCC3c4ccccc4-c4ccccc43)c(=O)[nH]c2=O)C(O[Si](C)(C)C(C)(C)C)[C@H]1C.O.O=C(Br)CBr.O=C(C[n+]1cn([C@@H]2O[C@H](CO)[C@H](O)C2O)c(=O)[nH]c1=O)OCC1c2ccccc2-c2ccccc21.O=C(O)CBr.O=c1[nH]c[n+]([C@@H]2O[C@H](CO)[C@H](O)C2O)c(=O)[nH]1.[2H]CF.[Fm].[Fm]. The number of nitrogens with zero attached hydrogens (tertiary/aromatic N) is 6. The average Bonchev–Trinajstić information content (AvgIpc) is 1.60. The number of H-pyrrole nitrogens is 6. The third kappa shape index (κ3) is 27.1. The Morgan fingerprint density at radius 1 is 0.515 bits per heavy atom. The molecule has 0 bridgehead atoms. The summed E-state index contributed by atoms with van der Waals surface area (Å²) >= 11 is 8.32. The fraction of sp³-hybridized carbons (Fsp3) is 0.535. The van der Waals surface area contributed by atoms with Crippen LogP contribution in [-0.4, -0.2) is 225 Å². The maximum absolute atomic E-state index is 13.1. The monoisotopic (exact) mass is 2600 g/mol. The number of carboxylic acid groups (broad SMARTS) is 1. The van der Waals surface area contributed by atoms with Gasteiger partial charge in [0.15, 0.2) is 42.4 Å². The Bertz CT molecular complexity index is 5680. The molecule has 2 aliphatic carbocycles. The zero-order chi connectivity index (χ0) is 97.2. The molecule has 4 unspecified atom stereocenters. The van der Waals surface area contributed by atoms with Crippen LogP contribution >= 0.6 is 47.8 Å². The van der Waals surface area contributed by atoms with E-state index >= 15 is 0 Å². The van der Waals surface area contributed by atoms with Gasteiger partial charge in [-0.15, -0.1) is 0 Å². The van der Waals surface area contributed by atoms with Crippen molar-refractivity contribution in [2.45, 2.75) is 237 Å². The maximum atomic E-state index is 13.1. The van der Waals surface area contributed by atoms with Gasteiger partial charge in [0.05, 0.1) is 39.3 Å². The van der Waals surface area contributed by atoms with E-state index in [-0.39, 0.29) is 101 Å². The molecule has 40 nitrogen and oxygen atoms in total. The zero-order valence-corrected chi connectivity index (χ0v) is 86.9. The van der Waals surface area contributed by atoms with Crippen LogP contribution in [-0.2, 0) is 69.5 Å². The summed E-state index contributed by atoms with van der Waals surface area (Å²) in [6.45, 7) is 28.4. The van der Waals surface area contributed by atoms with Crippen molar-refractivity contribution >= 4 is 87.0 Å². The Kier molecular flexibility index (Phi) is 42.1. The standard InChI is InChI=1S/C32H41N3O6Si.C24H23N3O8.C16H29N3O4Si.C8H11N3O6.C2H2Br2O.C2H3BrO2.CH3F.CH4.2Fm.H2O/c1-8-26-20(2)28(41-42(6,7)32(3,4)5)29(40-26)35-19-34(30(37)33-31(35)38)17-27(36)39-18-25-23-15-11-9-13-21(23)22-14-10-12-16-24(22)25;28-10-18-20(30)21(31)22(35-18)27-12-26(23(32)25-24(27)33)9-19(29)34-11-17-15-7-3-1-5-13(15)14-6-2-4-8-16(14)17;1-8-11-10(2)12(23-24(6,7)16(3,4)5)13(22-11)19-9-17-14(20)18-15(19)21;12-1-3-4(13)5(14)6(17-3)11-2-9-7(15)10-8(11)16;2*3-1-2(4)5;1-2;;;;/h9-16,19-20,25-26,28-29H,8,17-18H2,1-7H3;1-8,12,17-18,20-22,28,30-31H,9-11H2;9-13H,8H2,1-7H3,(H,18,20,21);2-6,12-14H,1H2,(H,10,15,16);1H2;1H2,(H,4,5);1H3;1H4;;;1H2/p+4/t20-,26+,28?,29+;18-,20+,21?,22-;10-,11+,12?,13+;3-,4+,5?,6-;;;;;;;/m0101......./s1/i;;;;;;1D;;;;. The smallest absolute Gasteiger partial charge is 0.448 e. The average molecular weight is 2600 g/mol. The Morgan fingerprint density at radius 3 is 1.17 bits per heavy atom. The number of carbonyl (C=O) groups is 4. The third-order valence-electron chi connectivity index (χ3n) is 23.9. The van der Waals surface area contributed by atoms with Crippen LogP contribution in [0.3, 0.4) is 0 Å². The molecule has 750 valence electrons. The summed E-state index contributed by atoms with van der Waals surface area (Å²) in [5.41, 5.74) is 3.18. The Balaban J connectivity index is 0.000000370. The van der Waals surface area contributed by atoms with Crippen molar-refractivity contribution < 1.29 is 122 Å².